The Morgan fingerprint density at radius 2 is 1.86 bits per heavy atom. The van der Waals surface area contributed by atoms with Gasteiger partial charge in [0.1, 0.15) is 18.5 Å². The average molecular weight is 293 g/mol. The van der Waals surface area contributed by atoms with Crippen LogP contribution in [-0.4, -0.2) is 56.1 Å². The van der Waals surface area contributed by atoms with E-state index in [0.29, 0.717) is 13.2 Å². The third-order valence-corrected chi connectivity index (χ3v) is 3.88. The van der Waals surface area contributed by atoms with Crippen LogP contribution in [0.15, 0.2) is 24.3 Å². The fraction of sp³-hybridized carbons (Fsp3) is 0.647. The van der Waals surface area contributed by atoms with Gasteiger partial charge in [0.25, 0.3) is 0 Å². The first-order valence-corrected chi connectivity index (χ1v) is 7.89. The summed E-state index contributed by atoms with van der Waals surface area (Å²) in [5.41, 5.74) is 1.23. The summed E-state index contributed by atoms with van der Waals surface area (Å²) in [5.74, 6) is 0.814. The van der Waals surface area contributed by atoms with Crippen molar-refractivity contribution in [3.63, 3.8) is 0 Å². The summed E-state index contributed by atoms with van der Waals surface area (Å²) in [7, 11) is 1.71. The van der Waals surface area contributed by atoms with Crippen LogP contribution in [0.5, 0.6) is 5.75 Å². The van der Waals surface area contributed by atoms with Gasteiger partial charge in [0.2, 0.25) is 0 Å². The molecule has 4 nitrogen and oxygen atoms in total. The summed E-state index contributed by atoms with van der Waals surface area (Å²) in [6.07, 6.45) is 4.30. The molecule has 21 heavy (non-hydrogen) atoms. The smallest absolute Gasteiger partial charge is 0.119 e. The van der Waals surface area contributed by atoms with Gasteiger partial charge in [-0.05, 0) is 50.0 Å². The molecule has 1 saturated heterocycles. The highest BCUT2D eigenvalue weighted by atomic mass is 16.5. The van der Waals surface area contributed by atoms with Gasteiger partial charge < -0.3 is 19.5 Å². The number of nitrogens with zero attached hydrogens (tertiary/aromatic N) is 1. The van der Waals surface area contributed by atoms with Crippen LogP contribution in [0.4, 0.5) is 0 Å². The van der Waals surface area contributed by atoms with E-state index >= 15 is 0 Å². The summed E-state index contributed by atoms with van der Waals surface area (Å²) < 4.78 is 10.7. The first-order chi connectivity index (χ1) is 10.3. The highest BCUT2D eigenvalue weighted by Crippen LogP contribution is 2.14. The molecule has 1 aliphatic rings. The predicted octanol–water partition coefficient (Wildman–Crippen LogP) is 2.10. The van der Waals surface area contributed by atoms with Gasteiger partial charge in [-0.1, -0.05) is 18.6 Å². The molecule has 1 unspecified atom stereocenters. The molecule has 0 aromatic heterocycles. The van der Waals surface area contributed by atoms with Crippen LogP contribution in [-0.2, 0) is 11.2 Å². The van der Waals surface area contributed by atoms with Gasteiger partial charge in [-0.3, -0.25) is 0 Å². The van der Waals surface area contributed by atoms with E-state index in [1.807, 2.05) is 24.3 Å². The summed E-state index contributed by atoms with van der Waals surface area (Å²) >= 11 is 0. The molecule has 0 radical (unpaired) electrons. The van der Waals surface area contributed by atoms with Crippen LogP contribution < -0.4 is 4.74 Å². The highest BCUT2D eigenvalue weighted by Gasteiger charge is 2.14. The fourth-order valence-electron chi connectivity index (χ4n) is 2.66. The number of methoxy groups -OCH3 is 1. The maximum Gasteiger partial charge on any atom is 0.119 e. The van der Waals surface area contributed by atoms with Crippen molar-refractivity contribution in [1.29, 1.82) is 0 Å². The third-order valence-electron chi connectivity index (χ3n) is 3.88. The lowest BCUT2D eigenvalue weighted by Gasteiger charge is -2.28. The lowest BCUT2D eigenvalue weighted by atomic mass is 10.1. The fourth-order valence-corrected chi connectivity index (χ4v) is 2.66. The zero-order valence-electron chi connectivity index (χ0n) is 13.0. The number of benzene rings is 1. The minimum atomic E-state index is -0.420. The molecule has 1 aromatic carbocycles. The lowest BCUT2D eigenvalue weighted by Crippen LogP contribution is -2.38. The number of piperidine rings is 1. The SMILES string of the molecule is COCCc1ccc(OCC(O)CN2CCCCC2)cc1. The first-order valence-electron chi connectivity index (χ1n) is 7.89. The monoisotopic (exact) mass is 293 g/mol. The second-order valence-electron chi connectivity index (χ2n) is 5.71. The van der Waals surface area contributed by atoms with Crippen molar-refractivity contribution in [2.75, 3.05) is 40.0 Å². The Morgan fingerprint density at radius 1 is 1.14 bits per heavy atom. The molecule has 0 amide bonds. The molecule has 1 heterocycles. The van der Waals surface area contributed by atoms with Gasteiger partial charge in [0.05, 0.1) is 6.61 Å². The third kappa shape index (κ3) is 6.04. The minimum Gasteiger partial charge on any atom is -0.491 e. The molecule has 4 heteroatoms. The van der Waals surface area contributed by atoms with Gasteiger partial charge in [-0.25, -0.2) is 0 Å². The van der Waals surface area contributed by atoms with Gasteiger partial charge in [0, 0.05) is 13.7 Å². The van der Waals surface area contributed by atoms with Gasteiger partial charge in [-0.15, -0.1) is 0 Å². The standard InChI is InChI=1S/C17H27NO3/c1-20-12-9-15-5-7-17(8-6-15)21-14-16(19)13-18-10-3-2-4-11-18/h5-8,16,19H,2-4,9-14H2,1H3. The van der Waals surface area contributed by atoms with E-state index in [1.54, 1.807) is 7.11 Å². The van der Waals surface area contributed by atoms with E-state index in [-0.39, 0.29) is 0 Å². The number of hydrogen-bond donors (Lipinski definition) is 1. The Kier molecular flexibility index (Phi) is 7.00. The molecule has 0 spiro atoms. The second kappa shape index (κ2) is 9.03. The Balaban J connectivity index is 1.69. The van der Waals surface area contributed by atoms with Crippen molar-refractivity contribution in [2.24, 2.45) is 0 Å². The first kappa shape index (κ1) is 16.3. The van der Waals surface area contributed by atoms with Crippen LogP contribution in [0.2, 0.25) is 0 Å². The Bertz CT molecular complexity index is 388. The summed E-state index contributed by atoms with van der Waals surface area (Å²) in [5, 5.41) is 10.1. The van der Waals surface area contributed by atoms with Crippen molar-refractivity contribution in [1.82, 2.24) is 4.90 Å². The zero-order chi connectivity index (χ0) is 14.9. The summed E-state index contributed by atoms with van der Waals surface area (Å²) in [6, 6.07) is 8.01. The highest BCUT2D eigenvalue weighted by molar-refractivity contribution is 5.27. The molecule has 0 saturated carbocycles. The van der Waals surface area contributed by atoms with E-state index in [0.717, 1.165) is 31.9 Å². The Labute approximate surface area is 127 Å². The number of β-amino-alcohol motifs (C(OH)–C–C–N with tert-alkyl or cyclic N) is 1. The second-order valence-corrected chi connectivity index (χ2v) is 5.71. The molecule has 1 atom stereocenters. The lowest BCUT2D eigenvalue weighted by molar-refractivity contribution is 0.0617. The van der Waals surface area contributed by atoms with Crippen LogP contribution in [0.1, 0.15) is 24.8 Å². The number of rotatable bonds is 8. The maximum absolute atomic E-state index is 10.1. The molecule has 1 fully saturated rings. The van der Waals surface area contributed by atoms with E-state index in [9.17, 15) is 5.11 Å². The van der Waals surface area contributed by atoms with Crippen LogP contribution in [0, 0.1) is 0 Å². The molecule has 0 bridgehead atoms. The number of aliphatic hydroxyl groups is 1. The molecular weight excluding hydrogens is 266 g/mol. The Morgan fingerprint density at radius 3 is 2.52 bits per heavy atom. The van der Waals surface area contributed by atoms with E-state index in [2.05, 4.69) is 4.90 Å². The van der Waals surface area contributed by atoms with Crippen molar-refractivity contribution in [3.05, 3.63) is 29.8 Å². The molecular formula is C17H27NO3. The van der Waals surface area contributed by atoms with Crippen molar-refractivity contribution < 1.29 is 14.6 Å². The zero-order valence-corrected chi connectivity index (χ0v) is 13.0. The van der Waals surface area contributed by atoms with Crippen molar-refractivity contribution in [3.8, 4) is 5.75 Å². The van der Waals surface area contributed by atoms with Gasteiger partial charge in [-0.2, -0.15) is 0 Å². The van der Waals surface area contributed by atoms with Gasteiger partial charge >= 0.3 is 0 Å². The number of ether oxygens (including phenoxy) is 2. The topological polar surface area (TPSA) is 41.9 Å². The van der Waals surface area contributed by atoms with Crippen LogP contribution >= 0.6 is 0 Å². The summed E-state index contributed by atoms with van der Waals surface area (Å²) in [6.45, 7) is 4.01. The van der Waals surface area contributed by atoms with E-state index in [1.165, 1.54) is 24.8 Å². The number of hydrogen-bond acceptors (Lipinski definition) is 4. The average Bonchev–Trinajstić information content (AvgIpc) is 2.53. The van der Waals surface area contributed by atoms with Crippen LogP contribution in [0.3, 0.4) is 0 Å². The maximum atomic E-state index is 10.1. The number of aliphatic hydroxyl groups excluding tert-OH is 1. The molecule has 0 aliphatic carbocycles. The van der Waals surface area contributed by atoms with Crippen molar-refractivity contribution >= 4 is 0 Å². The molecule has 1 N–H and O–H groups in total. The van der Waals surface area contributed by atoms with E-state index in [4.69, 9.17) is 9.47 Å². The minimum absolute atomic E-state index is 0.355. The molecule has 118 valence electrons. The quantitative estimate of drug-likeness (QED) is 0.797. The molecule has 1 aliphatic heterocycles. The molecule has 2 rings (SSSR count). The Hall–Kier alpha value is -1.10. The molecule has 1 aromatic rings. The largest absolute Gasteiger partial charge is 0.491 e. The number of likely N-dealkylation sites (tertiary alicyclic amines) is 1. The van der Waals surface area contributed by atoms with E-state index < -0.39 is 6.10 Å². The predicted molar refractivity (Wildman–Crippen MR) is 83.8 cm³/mol. The van der Waals surface area contributed by atoms with Crippen molar-refractivity contribution in [2.45, 2.75) is 31.8 Å². The normalized spacial score (nSPS) is 17.6. The van der Waals surface area contributed by atoms with Crippen LogP contribution in [0.25, 0.3) is 0 Å². The summed E-state index contributed by atoms with van der Waals surface area (Å²) in [4.78, 5) is 2.32. The van der Waals surface area contributed by atoms with Gasteiger partial charge in [0.15, 0.2) is 0 Å².